The molecular formula is C9H16NNaO4S. The fourth-order valence-electron chi connectivity index (χ4n) is 1.38. The van der Waals surface area contributed by atoms with Crippen molar-refractivity contribution in [3.63, 3.8) is 0 Å². The summed E-state index contributed by atoms with van der Waals surface area (Å²) in [5.74, 6) is 0. The van der Waals surface area contributed by atoms with E-state index in [2.05, 4.69) is 0 Å². The first-order chi connectivity index (χ1) is 6.79. The zero-order valence-corrected chi connectivity index (χ0v) is 13.0. The average molecular weight is 257 g/mol. The predicted octanol–water partition coefficient (Wildman–Crippen LogP) is -2.12. The van der Waals surface area contributed by atoms with Gasteiger partial charge in [0, 0.05) is 18.3 Å². The number of carbonyl (C=O) groups excluding carboxylic acids is 1. The van der Waals surface area contributed by atoms with Crippen LogP contribution in [0.4, 0.5) is 4.79 Å². The summed E-state index contributed by atoms with van der Waals surface area (Å²) in [6.45, 7) is 6.04. The molecule has 0 aromatic carbocycles. The van der Waals surface area contributed by atoms with E-state index in [1.54, 1.807) is 20.8 Å². The third-order valence-electron chi connectivity index (χ3n) is 2.07. The summed E-state index contributed by atoms with van der Waals surface area (Å²) in [4.78, 5) is 13.0. The van der Waals surface area contributed by atoms with Crippen molar-refractivity contribution >= 4 is 17.2 Å². The summed E-state index contributed by atoms with van der Waals surface area (Å²) in [7, 11) is 0. The SMILES string of the molecule is CC(C)(C)OC(=O)N1CCC(S(=O)[O-])C1.[Na+]. The maximum absolute atomic E-state index is 11.5. The second kappa shape index (κ2) is 6.35. The minimum atomic E-state index is -2.10. The van der Waals surface area contributed by atoms with Crippen LogP contribution in [-0.2, 0) is 15.8 Å². The van der Waals surface area contributed by atoms with Crippen molar-refractivity contribution in [3.05, 3.63) is 0 Å². The molecule has 1 heterocycles. The van der Waals surface area contributed by atoms with Crippen LogP contribution in [-0.4, -0.2) is 43.7 Å². The van der Waals surface area contributed by atoms with Crippen LogP contribution in [0.5, 0.6) is 0 Å². The molecule has 0 aromatic heterocycles. The third kappa shape index (κ3) is 5.14. The quantitative estimate of drug-likeness (QED) is 0.398. The monoisotopic (exact) mass is 257 g/mol. The van der Waals surface area contributed by atoms with Crippen LogP contribution >= 0.6 is 0 Å². The average Bonchev–Trinajstić information content (AvgIpc) is 2.47. The largest absolute Gasteiger partial charge is 1.00 e. The number of hydrogen-bond acceptors (Lipinski definition) is 4. The first kappa shape index (κ1) is 16.4. The van der Waals surface area contributed by atoms with Crippen LogP contribution < -0.4 is 29.6 Å². The molecule has 7 heteroatoms. The van der Waals surface area contributed by atoms with Crippen LogP contribution in [0.25, 0.3) is 0 Å². The number of likely N-dealkylation sites (tertiary alicyclic amines) is 1. The van der Waals surface area contributed by atoms with Crippen molar-refractivity contribution in [3.8, 4) is 0 Å². The Labute approximate surface area is 120 Å². The fraction of sp³-hybridized carbons (Fsp3) is 0.889. The van der Waals surface area contributed by atoms with Gasteiger partial charge < -0.3 is 14.2 Å². The van der Waals surface area contributed by atoms with Gasteiger partial charge in [-0.2, -0.15) is 0 Å². The van der Waals surface area contributed by atoms with Crippen LogP contribution in [0.2, 0.25) is 0 Å². The van der Waals surface area contributed by atoms with E-state index in [1.165, 1.54) is 4.90 Å². The number of nitrogens with zero attached hydrogens (tertiary/aromatic N) is 1. The van der Waals surface area contributed by atoms with Gasteiger partial charge in [-0.05, 0) is 27.2 Å². The van der Waals surface area contributed by atoms with Crippen molar-refractivity contribution in [1.29, 1.82) is 0 Å². The van der Waals surface area contributed by atoms with E-state index in [-0.39, 0.29) is 36.1 Å². The van der Waals surface area contributed by atoms with Crippen LogP contribution in [0.1, 0.15) is 27.2 Å². The number of rotatable bonds is 1. The van der Waals surface area contributed by atoms with Gasteiger partial charge in [0.25, 0.3) is 0 Å². The first-order valence-electron chi connectivity index (χ1n) is 4.85. The summed E-state index contributed by atoms with van der Waals surface area (Å²) in [6, 6.07) is 0. The molecule has 0 saturated carbocycles. The summed E-state index contributed by atoms with van der Waals surface area (Å²) >= 11 is -2.10. The van der Waals surface area contributed by atoms with Gasteiger partial charge in [0.1, 0.15) is 5.60 Å². The van der Waals surface area contributed by atoms with Crippen molar-refractivity contribution in [2.45, 2.75) is 38.0 Å². The minimum Gasteiger partial charge on any atom is -0.772 e. The van der Waals surface area contributed by atoms with Crippen LogP contribution in [0.15, 0.2) is 0 Å². The molecule has 2 atom stereocenters. The molecule has 16 heavy (non-hydrogen) atoms. The van der Waals surface area contributed by atoms with Gasteiger partial charge in [0.15, 0.2) is 0 Å². The Hall–Kier alpha value is 0.380. The maximum Gasteiger partial charge on any atom is 1.00 e. The molecule has 0 aromatic rings. The molecule has 1 fully saturated rings. The summed E-state index contributed by atoms with van der Waals surface area (Å²) in [5, 5.41) is -0.447. The Morgan fingerprint density at radius 3 is 2.44 bits per heavy atom. The van der Waals surface area contributed by atoms with E-state index in [9.17, 15) is 13.6 Å². The van der Waals surface area contributed by atoms with Crippen molar-refractivity contribution in [2.24, 2.45) is 0 Å². The molecule has 88 valence electrons. The first-order valence-corrected chi connectivity index (χ1v) is 5.99. The summed E-state index contributed by atoms with van der Waals surface area (Å²) < 4.78 is 26.5. The smallest absolute Gasteiger partial charge is 0.772 e. The molecule has 0 radical (unpaired) electrons. The van der Waals surface area contributed by atoms with E-state index in [0.717, 1.165) is 0 Å². The minimum absolute atomic E-state index is 0. The molecule has 0 spiro atoms. The van der Waals surface area contributed by atoms with E-state index >= 15 is 0 Å². The molecule has 1 rings (SSSR count). The van der Waals surface area contributed by atoms with Gasteiger partial charge in [-0.25, -0.2) is 4.79 Å². The third-order valence-corrected chi connectivity index (χ3v) is 3.00. The van der Waals surface area contributed by atoms with Gasteiger partial charge in [-0.3, -0.25) is 4.21 Å². The number of hydrogen-bond donors (Lipinski definition) is 0. The Kier molecular flexibility index (Phi) is 6.50. The van der Waals surface area contributed by atoms with Gasteiger partial charge in [0.05, 0.1) is 0 Å². The molecule has 1 saturated heterocycles. The Bertz CT molecular complexity index is 279. The molecular weight excluding hydrogens is 241 g/mol. The molecule has 2 unspecified atom stereocenters. The van der Waals surface area contributed by atoms with E-state index in [4.69, 9.17) is 4.74 Å². The molecule has 0 N–H and O–H groups in total. The van der Waals surface area contributed by atoms with Crippen molar-refractivity contribution in [1.82, 2.24) is 4.90 Å². The molecule has 1 aliphatic heterocycles. The fourth-order valence-corrected chi connectivity index (χ4v) is 1.98. The molecule has 0 bridgehead atoms. The second-order valence-corrected chi connectivity index (χ2v) is 5.79. The topological polar surface area (TPSA) is 69.7 Å². The predicted molar refractivity (Wildman–Crippen MR) is 55.1 cm³/mol. The summed E-state index contributed by atoms with van der Waals surface area (Å²) in [6.07, 6.45) is 0.0606. The zero-order chi connectivity index (χ0) is 11.6. The van der Waals surface area contributed by atoms with Crippen molar-refractivity contribution in [2.75, 3.05) is 13.1 Å². The van der Waals surface area contributed by atoms with Gasteiger partial charge >= 0.3 is 35.7 Å². The standard InChI is InChI=1S/C9H17NO4S.Na/c1-9(2,3)14-8(11)10-5-4-7(6-10)15(12)13;/h7H,4-6H2,1-3H3,(H,12,13);/q;+1/p-1. The van der Waals surface area contributed by atoms with Crippen LogP contribution in [0, 0.1) is 0 Å². The van der Waals surface area contributed by atoms with Gasteiger partial charge in [-0.15, -0.1) is 0 Å². The Balaban J connectivity index is 0.00000225. The van der Waals surface area contributed by atoms with Crippen LogP contribution in [0.3, 0.4) is 0 Å². The van der Waals surface area contributed by atoms with Crippen molar-refractivity contribution < 1.29 is 47.9 Å². The number of carbonyl (C=O) groups is 1. The van der Waals surface area contributed by atoms with E-state index < -0.39 is 28.0 Å². The second-order valence-electron chi connectivity index (χ2n) is 4.60. The van der Waals surface area contributed by atoms with E-state index in [0.29, 0.717) is 13.0 Å². The molecule has 5 nitrogen and oxygen atoms in total. The zero-order valence-electron chi connectivity index (χ0n) is 10.2. The number of amides is 1. The Morgan fingerprint density at radius 1 is 1.50 bits per heavy atom. The maximum atomic E-state index is 11.5. The molecule has 1 aliphatic rings. The molecule has 0 aliphatic carbocycles. The van der Waals surface area contributed by atoms with Gasteiger partial charge in [-0.1, -0.05) is 11.1 Å². The molecule has 1 amide bonds. The number of ether oxygens (including phenoxy) is 1. The normalized spacial score (nSPS) is 22.5. The Morgan fingerprint density at radius 2 is 2.06 bits per heavy atom. The van der Waals surface area contributed by atoms with E-state index in [1.807, 2.05) is 0 Å². The summed E-state index contributed by atoms with van der Waals surface area (Å²) in [5.41, 5.74) is -0.536. The van der Waals surface area contributed by atoms with Gasteiger partial charge in [0.2, 0.25) is 0 Å².